The topological polar surface area (TPSA) is 78.5 Å². The van der Waals surface area contributed by atoms with Gasteiger partial charge in [-0.15, -0.1) is 0 Å². The van der Waals surface area contributed by atoms with E-state index in [0.717, 1.165) is 6.08 Å². The predicted molar refractivity (Wildman–Crippen MR) is 90.7 cm³/mol. The number of amides is 1. The van der Waals surface area contributed by atoms with E-state index in [1.165, 1.54) is 16.4 Å². The molecule has 2 rings (SSSR count). The quantitative estimate of drug-likeness (QED) is 0.797. The fourth-order valence-corrected chi connectivity index (χ4v) is 3.93. The van der Waals surface area contributed by atoms with Crippen molar-refractivity contribution in [1.29, 1.82) is 0 Å². The lowest BCUT2D eigenvalue weighted by Crippen LogP contribution is -2.54. The lowest BCUT2D eigenvalue weighted by molar-refractivity contribution is -0.111. The van der Waals surface area contributed by atoms with E-state index < -0.39 is 10.0 Å². The molecule has 126 valence electrons. The van der Waals surface area contributed by atoms with Crippen molar-refractivity contribution in [3.8, 4) is 0 Å². The Morgan fingerprint density at radius 2 is 2.04 bits per heavy atom. The van der Waals surface area contributed by atoms with E-state index in [2.05, 4.69) is 31.1 Å². The van der Waals surface area contributed by atoms with E-state index in [1.807, 2.05) is 0 Å². The first-order chi connectivity index (χ1) is 10.8. The van der Waals surface area contributed by atoms with Gasteiger partial charge in [0, 0.05) is 31.4 Å². The largest absolute Gasteiger partial charge is 0.323 e. The molecule has 0 aromatic heterocycles. The molecule has 0 aliphatic carbocycles. The van der Waals surface area contributed by atoms with Crippen LogP contribution in [0, 0.1) is 5.92 Å². The molecule has 0 saturated carbocycles. The van der Waals surface area contributed by atoms with Crippen LogP contribution in [0.5, 0.6) is 0 Å². The Kier molecular flexibility index (Phi) is 5.56. The molecule has 0 spiro atoms. The summed E-state index contributed by atoms with van der Waals surface area (Å²) in [5, 5.41) is 5.94. The molecular formula is C16H23N3O3S. The summed E-state index contributed by atoms with van der Waals surface area (Å²) in [6, 6.07) is 6.35. The maximum Gasteiger partial charge on any atom is 0.247 e. The molecule has 1 heterocycles. The third kappa shape index (κ3) is 4.19. The van der Waals surface area contributed by atoms with Crippen LogP contribution in [0.4, 0.5) is 5.69 Å². The first kappa shape index (κ1) is 17.7. The van der Waals surface area contributed by atoms with Crippen LogP contribution in [0.2, 0.25) is 0 Å². The Labute approximate surface area is 137 Å². The lowest BCUT2D eigenvalue weighted by atomic mass is 10.0. The molecule has 1 aromatic carbocycles. The highest BCUT2D eigenvalue weighted by molar-refractivity contribution is 7.89. The van der Waals surface area contributed by atoms with Crippen molar-refractivity contribution in [2.24, 2.45) is 5.92 Å². The predicted octanol–water partition coefficient (Wildman–Crippen LogP) is 1.43. The molecule has 0 unspecified atom stereocenters. The summed E-state index contributed by atoms with van der Waals surface area (Å²) in [7, 11) is -3.52. The maximum atomic E-state index is 12.7. The minimum absolute atomic E-state index is 0.157. The van der Waals surface area contributed by atoms with Gasteiger partial charge in [-0.2, -0.15) is 4.31 Å². The zero-order chi connectivity index (χ0) is 17.0. The number of piperazine rings is 1. The van der Waals surface area contributed by atoms with Crippen LogP contribution in [0.25, 0.3) is 0 Å². The molecule has 23 heavy (non-hydrogen) atoms. The smallest absolute Gasteiger partial charge is 0.247 e. The van der Waals surface area contributed by atoms with Gasteiger partial charge in [-0.25, -0.2) is 8.42 Å². The number of hydrogen-bond acceptors (Lipinski definition) is 4. The number of hydrogen-bond donors (Lipinski definition) is 2. The van der Waals surface area contributed by atoms with Crippen LogP contribution in [0.15, 0.2) is 41.8 Å². The van der Waals surface area contributed by atoms with Crippen molar-refractivity contribution in [3.05, 3.63) is 36.9 Å². The summed E-state index contributed by atoms with van der Waals surface area (Å²) in [4.78, 5) is 11.5. The first-order valence-electron chi connectivity index (χ1n) is 7.61. The van der Waals surface area contributed by atoms with Gasteiger partial charge in [0.1, 0.15) is 0 Å². The normalized spacial score (nSPS) is 19.5. The summed E-state index contributed by atoms with van der Waals surface area (Å²) in [5.41, 5.74) is 0.536. The monoisotopic (exact) mass is 337 g/mol. The molecule has 1 aliphatic rings. The van der Waals surface area contributed by atoms with Gasteiger partial charge < -0.3 is 10.6 Å². The van der Waals surface area contributed by atoms with E-state index in [9.17, 15) is 13.2 Å². The van der Waals surface area contributed by atoms with E-state index >= 15 is 0 Å². The molecule has 1 fully saturated rings. The summed E-state index contributed by atoms with van der Waals surface area (Å²) < 4.78 is 27.0. The van der Waals surface area contributed by atoms with Crippen LogP contribution >= 0.6 is 0 Å². The van der Waals surface area contributed by atoms with Crippen LogP contribution in [0.1, 0.15) is 13.8 Å². The Morgan fingerprint density at radius 3 is 2.61 bits per heavy atom. The summed E-state index contributed by atoms with van der Waals surface area (Å²) >= 11 is 0. The zero-order valence-electron chi connectivity index (χ0n) is 13.5. The second kappa shape index (κ2) is 7.25. The van der Waals surface area contributed by atoms with Crippen molar-refractivity contribution in [3.63, 3.8) is 0 Å². The van der Waals surface area contributed by atoms with E-state index in [0.29, 0.717) is 31.2 Å². The highest BCUT2D eigenvalue weighted by Crippen LogP contribution is 2.21. The second-order valence-electron chi connectivity index (χ2n) is 5.89. The lowest BCUT2D eigenvalue weighted by Gasteiger charge is -2.34. The van der Waals surface area contributed by atoms with Crippen LogP contribution in [-0.2, 0) is 14.8 Å². The van der Waals surface area contributed by atoms with Gasteiger partial charge in [-0.3, -0.25) is 4.79 Å². The molecule has 2 N–H and O–H groups in total. The summed E-state index contributed by atoms with van der Waals surface area (Å²) in [6.45, 7) is 9.10. The number of nitrogens with zero attached hydrogens (tertiary/aromatic N) is 1. The molecule has 1 saturated heterocycles. The molecule has 7 heteroatoms. The minimum Gasteiger partial charge on any atom is -0.323 e. The minimum atomic E-state index is -3.52. The zero-order valence-corrected chi connectivity index (χ0v) is 14.3. The Hall–Kier alpha value is -1.70. The number of carbonyl (C=O) groups excluding carboxylic acids is 1. The van der Waals surface area contributed by atoms with E-state index in [-0.39, 0.29) is 16.8 Å². The SMILES string of the molecule is C=CC(=O)Nc1ccc(S(=O)(=O)N2CCN[C@@H](C(C)C)C2)cc1. The standard InChI is InChI=1S/C16H23N3O3S/c1-4-16(20)18-13-5-7-14(8-6-13)23(21,22)19-10-9-17-15(11-19)12(2)3/h4-8,12,15,17H,1,9-11H2,2-3H3,(H,18,20)/t15-/m1/s1. The fraction of sp³-hybridized carbons (Fsp3) is 0.438. The molecule has 1 atom stereocenters. The third-order valence-corrected chi connectivity index (χ3v) is 5.80. The van der Waals surface area contributed by atoms with Gasteiger partial charge in [-0.05, 0) is 36.3 Å². The maximum absolute atomic E-state index is 12.7. The average Bonchev–Trinajstić information content (AvgIpc) is 2.55. The Morgan fingerprint density at radius 1 is 1.39 bits per heavy atom. The van der Waals surface area contributed by atoms with E-state index in [1.54, 1.807) is 12.1 Å². The van der Waals surface area contributed by atoms with Crippen molar-refractivity contribution < 1.29 is 13.2 Å². The fourth-order valence-electron chi connectivity index (χ4n) is 2.47. The molecule has 6 nitrogen and oxygen atoms in total. The number of benzene rings is 1. The molecule has 0 bridgehead atoms. The Bertz CT molecular complexity index is 668. The molecule has 1 amide bonds. The van der Waals surface area contributed by atoms with Gasteiger partial charge in [0.15, 0.2) is 0 Å². The van der Waals surface area contributed by atoms with E-state index in [4.69, 9.17) is 0 Å². The number of nitrogens with one attached hydrogen (secondary N) is 2. The summed E-state index contributed by atoms with van der Waals surface area (Å²) in [6.07, 6.45) is 1.16. The molecular weight excluding hydrogens is 314 g/mol. The molecule has 1 aliphatic heterocycles. The van der Waals surface area contributed by atoms with Crippen LogP contribution in [0.3, 0.4) is 0 Å². The van der Waals surface area contributed by atoms with Crippen molar-refractivity contribution in [1.82, 2.24) is 9.62 Å². The third-order valence-electron chi connectivity index (χ3n) is 3.92. The Balaban J connectivity index is 2.15. The van der Waals surface area contributed by atoms with Gasteiger partial charge in [0.05, 0.1) is 4.90 Å². The van der Waals surface area contributed by atoms with Crippen molar-refractivity contribution in [2.75, 3.05) is 25.0 Å². The number of sulfonamides is 1. The van der Waals surface area contributed by atoms with Crippen molar-refractivity contribution in [2.45, 2.75) is 24.8 Å². The number of anilines is 1. The number of rotatable bonds is 5. The molecule has 0 radical (unpaired) electrons. The van der Waals surface area contributed by atoms with Gasteiger partial charge >= 0.3 is 0 Å². The van der Waals surface area contributed by atoms with Gasteiger partial charge in [0.25, 0.3) is 0 Å². The molecule has 1 aromatic rings. The van der Waals surface area contributed by atoms with Crippen LogP contribution in [-0.4, -0.2) is 44.3 Å². The van der Waals surface area contributed by atoms with Crippen molar-refractivity contribution >= 4 is 21.6 Å². The van der Waals surface area contributed by atoms with Gasteiger partial charge in [0.2, 0.25) is 15.9 Å². The highest BCUT2D eigenvalue weighted by atomic mass is 32.2. The number of carbonyl (C=O) groups is 1. The average molecular weight is 337 g/mol. The summed E-state index contributed by atoms with van der Waals surface area (Å²) in [5.74, 6) is 0.0342. The second-order valence-corrected chi connectivity index (χ2v) is 7.82. The first-order valence-corrected chi connectivity index (χ1v) is 9.05. The van der Waals surface area contributed by atoms with Gasteiger partial charge in [-0.1, -0.05) is 20.4 Å². The highest BCUT2D eigenvalue weighted by Gasteiger charge is 2.31. The van der Waals surface area contributed by atoms with Crippen LogP contribution < -0.4 is 10.6 Å².